The molecule has 0 aliphatic heterocycles. The van der Waals surface area contributed by atoms with Crippen molar-refractivity contribution < 1.29 is 0 Å². The number of rotatable bonds is 1. The van der Waals surface area contributed by atoms with Gasteiger partial charge in [-0.1, -0.05) is 0 Å². The second kappa shape index (κ2) is 4.06. The zero-order valence-corrected chi connectivity index (χ0v) is 6.13. The molecule has 0 radical (unpaired) electrons. The molecule has 0 rings (SSSR count). The average Bonchev–Trinajstić information content (AvgIpc) is 1.63. The first-order valence-corrected chi connectivity index (χ1v) is 2.98. The van der Waals surface area contributed by atoms with E-state index >= 15 is 0 Å². The summed E-state index contributed by atoms with van der Waals surface area (Å²) < 4.78 is 0. The Kier molecular flexibility index (Phi) is 3.67. The van der Waals surface area contributed by atoms with Crippen LogP contribution in [-0.4, -0.2) is 18.2 Å². The van der Waals surface area contributed by atoms with E-state index in [9.17, 15) is 0 Å². The van der Waals surface area contributed by atoms with Gasteiger partial charge in [-0.25, -0.2) is 9.98 Å². The summed E-state index contributed by atoms with van der Waals surface area (Å²) >= 11 is 0. The van der Waals surface area contributed by atoms with Gasteiger partial charge in [0.25, 0.3) is 0 Å². The molecule has 0 saturated heterocycles. The Hall–Kier alpha value is -0.860. The standard InChI is InChI=1S/C6H13N3/c1-4-8-6(7)9-5(2)3/h4-5H,1-3H3,(H2,7,9). The van der Waals surface area contributed by atoms with Crippen molar-refractivity contribution in [1.82, 2.24) is 0 Å². The number of hydrogen-bond donors (Lipinski definition) is 1. The molecule has 0 spiro atoms. The van der Waals surface area contributed by atoms with E-state index in [1.165, 1.54) is 0 Å². The molecule has 3 heteroatoms. The number of nitrogens with zero attached hydrogens (tertiary/aromatic N) is 2. The molecule has 0 aromatic heterocycles. The molecule has 0 aliphatic rings. The summed E-state index contributed by atoms with van der Waals surface area (Å²) in [5, 5.41) is 0. The lowest BCUT2D eigenvalue weighted by molar-refractivity contribution is 0.832. The molecule has 0 aromatic carbocycles. The lowest BCUT2D eigenvalue weighted by Gasteiger charge is -1.94. The van der Waals surface area contributed by atoms with Gasteiger partial charge in [-0.15, -0.1) is 0 Å². The number of aliphatic imine (C=N–C) groups is 2. The molecular weight excluding hydrogens is 114 g/mol. The van der Waals surface area contributed by atoms with Crippen LogP contribution in [0, 0.1) is 0 Å². The van der Waals surface area contributed by atoms with Crippen LogP contribution in [0.2, 0.25) is 0 Å². The quantitative estimate of drug-likeness (QED) is 0.411. The van der Waals surface area contributed by atoms with E-state index in [1.807, 2.05) is 20.8 Å². The third kappa shape index (κ3) is 5.00. The van der Waals surface area contributed by atoms with Gasteiger partial charge in [-0.2, -0.15) is 0 Å². The van der Waals surface area contributed by atoms with E-state index in [1.54, 1.807) is 6.21 Å². The predicted octanol–water partition coefficient (Wildman–Crippen LogP) is 0.800. The van der Waals surface area contributed by atoms with Crippen molar-refractivity contribution in [2.75, 3.05) is 0 Å². The van der Waals surface area contributed by atoms with Crippen molar-refractivity contribution in [3.63, 3.8) is 0 Å². The highest BCUT2D eigenvalue weighted by Crippen LogP contribution is 1.84. The fourth-order valence-electron chi connectivity index (χ4n) is 0.430. The summed E-state index contributed by atoms with van der Waals surface area (Å²) in [4.78, 5) is 7.73. The Bertz CT molecular complexity index is 124. The third-order valence-electron chi connectivity index (χ3n) is 0.652. The summed E-state index contributed by atoms with van der Waals surface area (Å²) in [6.45, 7) is 5.72. The highest BCUT2D eigenvalue weighted by Gasteiger charge is 1.87. The van der Waals surface area contributed by atoms with Gasteiger partial charge < -0.3 is 5.73 Å². The number of nitrogens with two attached hydrogens (primary N) is 1. The second-order valence-corrected chi connectivity index (χ2v) is 1.97. The zero-order chi connectivity index (χ0) is 7.28. The van der Waals surface area contributed by atoms with Crippen LogP contribution < -0.4 is 5.73 Å². The smallest absolute Gasteiger partial charge is 0.215 e. The fraction of sp³-hybridized carbons (Fsp3) is 0.667. The molecule has 0 unspecified atom stereocenters. The molecule has 0 saturated carbocycles. The minimum Gasteiger partial charge on any atom is -0.368 e. The van der Waals surface area contributed by atoms with Gasteiger partial charge in [-0.05, 0) is 20.8 Å². The average molecular weight is 127 g/mol. The van der Waals surface area contributed by atoms with Crippen molar-refractivity contribution in [2.24, 2.45) is 15.7 Å². The van der Waals surface area contributed by atoms with Crippen LogP contribution >= 0.6 is 0 Å². The van der Waals surface area contributed by atoms with Crippen molar-refractivity contribution >= 4 is 12.2 Å². The van der Waals surface area contributed by atoms with Gasteiger partial charge in [0.1, 0.15) is 0 Å². The fourth-order valence-corrected chi connectivity index (χ4v) is 0.430. The van der Waals surface area contributed by atoms with Crippen LogP contribution in [0.15, 0.2) is 9.98 Å². The maximum absolute atomic E-state index is 5.34. The molecule has 52 valence electrons. The highest BCUT2D eigenvalue weighted by molar-refractivity contribution is 5.85. The monoisotopic (exact) mass is 127 g/mol. The molecule has 0 heterocycles. The van der Waals surface area contributed by atoms with E-state index in [0.717, 1.165) is 0 Å². The molecule has 0 fully saturated rings. The molecule has 0 aromatic rings. The lowest BCUT2D eigenvalue weighted by atomic mass is 10.4. The van der Waals surface area contributed by atoms with Crippen LogP contribution in [0.3, 0.4) is 0 Å². The topological polar surface area (TPSA) is 50.7 Å². The van der Waals surface area contributed by atoms with Gasteiger partial charge in [-0.3, -0.25) is 0 Å². The molecule has 0 amide bonds. The predicted molar refractivity (Wildman–Crippen MR) is 40.9 cm³/mol. The minimum absolute atomic E-state index is 0.230. The Morgan fingerprint density at radius 3 is 2.44 bits per heavy atom. The number of guanidine groups is 1. The van der Waals surface area contributed by atoms with Gasteiger partial charge in [0, 0.05) is 12.3 Å². The second-order valence-electron chi connectivity index (χ2n) is 1.97. The van der Waals surface area contributed by atoms with E-state index in [-0.39, 0.29) is 6.04 Å². The largest absolute Gasteiger partial charge is 0.368 e. The summed E-state index contributed by atoms with van der Waals surface area (Å²) in [6, 6.07) is 0.230. The van der Waals surface area contributed by atoms with Crippen molar-refractivity contribution in [1.29, 1.82) is 0 Å². The van der Waals surface area contributed by atoms with E-state index in [0.29, 0.717) is 5.96 Å². The molecule has 0 atom stereocenters. The van der Waals surface area contributed by atoms with Crippen molar-refractivity contribution in [3.8, 4) is 0 Å². The zero-order valence-electron chi connectivity index (χ0n) is 6.13. The molecule has 0 bridgehead atoms. The normalized spacial score (nSPS) is 13.6. The van der Waals surface area contributed by atoms with E-state index < -0.39 is 0 Å². The minimum atomic E-state index is 0.230. The molecule has 3 nitrogen and oxygen atoms in total. The Morgan fingerprint density at radius 1 is 1.56 bits per heavy atom. The van der Waals surface area contributed by atoms with Crippen molar-refractivity contribution in [2.45, 2.75) is 26.8 Å². The van der Waals surface area contributed by atoms with Crippen LogP contribution in [0.4, 0.5) is 0 Å². The molecule has 9 heavy (non-hydrogen) atoms. The first kappa shape index (κ1) is 8.14. The summed E-state index contributed by atoms with van der Waals surface area (Å²) in [5.74, 6) is 0.354. The van der Waals surface area contributed by atoms with E-state index in [2.05, 4.69) is 9.98 Å². The maximum Gasteiger partial charge on any atom is 0.215 e. The summed E-state index contributed by atoms with van der Waals surface area (Å²) in [7, 11) is 0. The Balaban J connectivity index is 3.84. The van der Waals surface area contributed by atoms with Gasteiger partial charge in [0.2, 0.25) is 5.96 Å². The Labute approximate surface area is 55.7 Å². The SMILES string of the molecule is CC=NC(N)=NC(C)C. The number of hydrogen-bond acceptors (Lipinski definition) is 1. The molecule has 2 N–H and O–H groups in total. The summed E-state index contributed by atoms with van der Waals surface area (Å²) in [5.41, 5.74) is 5.34. The summed E-state index contributed by atoms with van der Waals surface area (Å²) in [6.07, 6.45) is 1.63. The van der Waals surface area contributed by atoms with Crippen LogP contribution in [-0.2, 0) is 0 Å². The maximum atomic E-state index is 5.34. The van der Waals surface area contributed by atoms with Gasteiger partial charge in [0.15, 0.2) is 0 Å². The van der Waals surface area contributed by atoms with E-state index in [4.69, 9.17) is 5.73 Å². The van der Waals surface area contributed by atoms with Gasteiger partial charge in [0.05, 0.1) is 0 Å². The first-order chi connectivity index (χ1) is 4.16. The van der Waals surface area contributed by atoms with Crippen LogP contribution in [0.1, 0.15) is 20.8 Å². The molecule has 0 aliphatic carbocycles. The molecular formula is C6H13N3. The third-order valence-corrected chi connectivity index (χ3v) is 0.652. The van der Waals surface area contributed by atoms with Crippen LogP contribution in [0.25, 0.3) is 0 Å². The highest BCUT2D eigenvalue weighted by atomic mass is 15.0. The van der Waals surface area contributed by atoms with Crippen LogP contribution in [0.5, 0.6) is 0 Å². The van der Waals surface area contributed by atoms with Gasteiger partial charge >= 0.3 is 0 Å². The first-order valence-electron chi connectivity index (χ1n) is 2.98. The van der Waals surface area contributed by atoms with Crippen molar-refractivity contribution in [3.05, 3.63) is 0 Å². The lowest BCUT2D eigenvalue weighted by Crippen LogP contribution is -2.10. The Morgan fingerprint density at radius 2 is 2.11 bits per heavy atom.